The number of likely N-dealkylation sites (N-methyl/N-ethyl adjacent to an activating group) is 1. The first-order valence-corrected chi connectivity index (χ1v) is 4.80. The molecule has 5 nitrogen and oxygen atoms in total. The van der Waals surface area contributed by atoms with Crippen LogP contribution in [0.1, 0.15) is 25.6 Å². The first-order valence-electron chi connectivity index (χ1n) is 4.80. The fourth-order valence-corrected chi connectivity index (χ4v) is 1.01. The maximum absolute atomic E-state index is 8.93. The summed E-state index contributed by atoms with van der Waals surface area (Å²) in [5.74, 6) is 1.33. The van der Waals surface area contributed by atoms with Gasteiger partial charge in [0.05, 0.1) is 13.2 Å². The van der Waals surface area contributed by atoms with E-state index in [0.717, 1.165) is 12.2 Å². The fraction of sp³-hybridized carbons (Fsp3) is 0.778. The molecule has 0 spiro atoms. The average Bonchev–Trinajstić information content (AvgIpc) is 2.64. The van der Waals surface area contributed by atoms with Crippen molar-refractivity contribution in [1.82, 2.24) is 15.0 Å². The molecule has 1 N–H and O–H groups in total. The van der Waals surface area contributed by atoms with Crippen LogP contribution in [0.25, 0.3) is 0 Å². The summed E-state index contributed by atoms with van der Waals surface area (Å²) in [6, 6.07) is 0.104. The Labute approximate surface area is 83.7 Å². The molecule has 1 heterocycles. The van der Waals surface area contributed by atoms with Gasteiger partial charge in [-0.3, -0.25) is 4.90 Å². The van der Waals surface area contributed by atoms with Crippen molar-refractivity contribution in [2.24, 2.45) is 0 Å². The second kappa shape index (κ2) is 5.07. The summed E-state index contributed by atoms with van der Waals surface area (Å²) in [5.41, 5.74) is 0. The van der Waals surface area contributed by atoms with Crippen LogP contribution in [-0.2, 0) is 13.0 Å². The third-order valence-electron chi connectivity index (χ3n) is 2.23. The van der Waals surface area contributed by atoms with Crippen molar-refractivity contribution in [3.8, 4) is 0 Å². The van der Waals surface area contributed by atoms with Gasteiger partial charge in [0, 0.05) is 12.5 Å². The van der Waals surface area contributed by atoms with Crippen molar-refractivity contribution in [2.45, 2.75) is 32.9 Å². The van der Waals surface area contributed by atoms with Crippen molar-refractivity contribution in [1.29, 1.82) is 0 Å². The highest BCUT2D eigenvalue weighted by Crippen LogP contribution is 2.04. The Kier molecular flexibility index (Phi) is 4.03. The first kappa shape index (κ1) is 11.1. The summed E-state index contributed by atoms with van der Waals surface area (Å²) in [4.78, 5) is 6.15. The Morgan fingerprint density at radius 1 is 1.57 bits per heavy atom. The Balaban J connectivity index is 2.51. The molecular formula is C9H17N3O2. The average molecular weight is 199 g/mol. The highest BCUT2D eigenvalue weighted by Gasteiger charge is 2.12. The van der Waals surface area contributed by atoms with Crippen molar-refractivity contribution in [3.05, 3.63) is 11.7 Å². The van der Waals surface area contributed by atoms with E-state index in [1.165, 1.54) is 0 Å². The third kappa shape index (κ3) is 2.78. The first-order chi connectivity index (χ1) is 6.67. The fourth-order valence-electron chi connectivity index (χ4n) is 1.01. The minimum atomic E-state index is 0.104. The van der Waals surface area contributed by atoms with Crippen molar-refractivity contribution >= 4 is 0 Å². The summed E-state index contributed by atoms with van der Waals surface area (Å²) < 4.78 is 5.04. The number of aromatic nitrogens is 2. The number of hydrogen-bond acceptors (Lipinski definition) is 5. The van der Waals surface area contributed by atoms with Gasteiger partial charge in [-0.1, -0.05) is 12.1 Å². The lowest BCUT2D eigenvalue weighted by Gasteiger charge is -2.20. The molecule has 1 atom stereocenters. The van der Waals surface area contributed by atoms with Gasteiger partial charge in [-0.15, -0.1) is 0 Å². The van der Waals surface area contributed by atoms with Gasteiger partial charge in [0.25, 0.3) is 0 Å². The zero-order valence-corrected chi connectivity index (χ0v) is 8.90. The second-order valence-electron chi connectivity index (χ2n) is 3.40. The molecule has 0 radical (unpaired) electrons. The molecule has 0 aliphatic heterocycles. The molecule has 1 aromatic heterocycles. The molecule has 0 aliphatic carbocycles. The van der Waals surface area contributed by atoms with Crippen LogP contribution in [0, 0.1) is 0 Å². The zero-order chi connectivity index (χ0) is 10.6. The highest BCUT2D eigenvalue weighted by atomic mass is 16.5. The Morgan fingerprint density at radius 2 is 2.29 bits per heavy atom. The number of aryl methyl sites for hydroxylation is 1. The van der Waals surface area contributed by atoms with E-state index in [4.69, 9.17) is 9.63 Å². The van der Waals surface area contributed by atoms with Crippen LogP contribution < -0.4 is 0 Å². The maximum Gasteiger partial charge on any atom is 0.240 e. The van der Waals surface area contributed by atoms with Gasteiger partial charge in [-0.2, -0.15) is 4.98 Å². The van der Waals surface area contributed by atoms with Crippen LogP contribution in [-0.4, -0.2) is 39.8 Å². The maximum atomic E-state index is 8.93. The van der Waals surface area contributed by atoms with Crippen molar-refractivity contribution in [2.75, 3.05) is 13.7 Å². The van der Waals surface area contributed by atoms with Gasteiger partial charge in [-0.25, -0.2) is 0 Å². The summed E-state index contributed by atoms with van der Waals surface area (Å²) in [7, 11) is 1.91. The molecular weight excluding hydrogens is 182 g/mol. The standard InChI is InChI=1S/C9H17N3O2/c1-4-8-10-9(14-11-8)5-12(3)7(2)6-13/h7,13H,4-6H2,1-3H3. The molecule has 1 aromatic rings. The molecule has 1 rings (SSSR count). The lowest BCUT2D eigenvalue weighted by Crippen LogP contribution is -2.31. The van der Waals surface area contributed by atoms with Crippen LogP contribution in [0.5, 0.6) is 0 Å². The van der Waals surface area contributed by atoms with Crippen LogP contribution in [0.4, 0.5) is 0 Å². The predicted molar refractivity (Wildman–Crippen MR) is 51.7 cm³/mol. The van der Waals surface area contributed by atoms with Gasteiger partial charge >= 0.3 is 0 Å². The van der Waals surface area contributed by atoms with Gasteiger partial charge < -0.3 is 9.63 Å². The number of rotatable bonds is 5. The molecule has 0 aromatic carbocycles. The Bertz CT molecular complexity index is 275. The zero-order valence-electron chi connectivity index (χ0n) is 8.90. The van der Waals surface area contributed by atoms with Crippen LogP contribution in [0.15, 0.2) is 4.52 Å². The summed E-state index contributed by atoms with van der Waals surface area (Å²) in [6.45, 7) is 4.63. The van der Waals surface area contributed by atoms with Gasteiger partial charge in [0.15, 0.2) is 5.82 Å². The predicted octanol–water partition coefficient (Wildman–Crippen LogP) is 0.445. The minimum absolute atomic E-state index is 0.104. The quantitative estimate of drug-likeness (QED) is 0.745. The van der Waals surface area contributed by atoms with Gasteiger partial charge in [0.1, 0.15) is 0 Å². The third-order valence-corrected chi connectivity index (χ3v) is 2.23. The van der Waals surface area contributed by atoms with Gasteiger partial charge in [-0.05, 0) is 14.0 Å². The number of hydrogen-bond donors (Lipinski definition) is 1. The van der Waals surface area contributed by atoms with Crippen molar-refractivity contribution in [3.63, 3.8) is 0 Å². The monoisotopic (exact) mass is 199 g/mol. The lowest BCUT2D eigenvalue weighted by atomic mass is 10.3. The van der Waals surface area contributed by atoms with E-state index in [1.807, 2.05) is 25.8 Å². The van der Waals surface area contributed by atoms with Crippen LogP contribution in [0.2, 0.25) is 0 Å². The highest BCUT2D eigenvalue weighted by molar-refractivity contribution is 4.85. The smallest absolute Gasteiger partial charge is 0.240 e. The molecule has 1 unspecified atom stereocenters. The van der Waals surface area contributed by atoms with E-state index >= 15 is 0 Å². The summed E-state index contributed by atoms with van der Waals surface area (Å²) >= 11 is 0. The summed E-state index contributed by atoms with van der Waals surface area (Å²) in [6.07, 6.45) is 0.781. The summed E-state index contributed by atoms with van der Waals surface area (Å²) in [5, 5.41) is 12.7. The van der Waals surface area contributed by atoms with Crippen LogP contribution >= 0.6 is 0 Å². The SMILES string of the molecule is CCc1noc(CN(C)C(C)CO)n1. The van der Waals surface area contributed by atoms with E-state index < -0.39 is 0 Å². The van der Waals surface area contributed by atoms with E-state index in [1.54, 1.807) is 0 Å². The van der Waals surface area contributed by atoms with E-state index in [0.29, 0.717) is 12.4 Å². The van der Waals surface area contributed by atoms with Crippen molar-refractivity contribution < 1.29 is 9.63 Å². The van der Waals surface area contributed by atoms with E-state index in [9.17, 15) is 0 Å². The largest absolute Gasteiger partial charge is 0.395 e. The molecule has 0 amide bonds. The van der Waals surface area contributed by atoms with Gasteiger partial charge in [0.2, 0.25) is 5.89 Å². The normalized spacial score (nSPS) is 13.5. The van der Waals surface area contributed by atoms with E-state index in [-0.39, 0.29) is 12.6 Å². The molecule has 80 valence electrons. The molecule has 5 heteroatoms. The molecule has 14 heavy (non-hydrogen) atoms. The molecule has 0 saturated carbocycles. The molecule has 0 saturated heterocycles. The Morgan fingerprint density at radius 3 is 2.79 bits per heavy atom. The number of aliphatic hydroxyl groups is 1. The molecule has 0 aliphatic rings. The van der Waals surface area contributed by atoms with E-state index in [2.05, 4.69) is 10.1 Å². The molecule has 0 bridgehead atoms. The van der Waals surface area contributed by atoms with Crippen LogP contribution in [0.3, 0.4) is 0 Å². The number of nitrogens with zero attached hydrogens (tertiary/aromatic N) is 3. The number of aliphatic hydroxyl groups excluding tert-OH is 1. The lowest BCUT2D eigenvalue weighted by molar-refractivity contribution is 0.142. The topological polar surface area (TPSA) is 62.4 Å². The Hall–Kier alpha value is -0.940. The minimum Gasteiger partial charge on any atom is -0.395 e. The second-order valence-corrected chi connectivity index (χ2v) is 3.40. The molecule has 0 fully saturated rings.